The average Bonchev–Trinajstić information content (AvgIpc) is 2.53. The van der Waals surface area contributed by atoms with Crippen LogP contribution in [0.2, 0.25) is 0 Å². The monoisotopic (exact) mass is 303 g/mol. The van der Waals surface area contributed by atoms with Crippen LogP contribution in [0.5, 0.6) is 0 Å². The summed E-state index contributed by atoms with van der Waals surface area (Å²) in [6, 6.07) is 4.79. The van der Waals surface area contributed by atoms with Crippen LogP contribution in [0.25, 0.3) is 0 Å². The van der Waals surface area contributed by atoms with Crippen molar-refractivity contribution in [3.63, 3.8) is 0 Å². The molecule has 0 atom stereocenters. The fraction of sp³-hybridized carbons (Fsp3) is 0.714. The Hall–Kier alpha value is -0.980. The van der Waals surface area contributed by atoms with Crippen molar-refractivity contribution in [1.82, 2.24) is 0 Å². The van der Waals surface area contributed by atoms with Gasteiger partial charge in [-0.3, -0.25) is 0 Å². The van der Waals surface area contributed by atoms with Gasteiger partial charge in [-0.1, -0.05) is 47.6 Å². The number of nitrogens with two attached hydrogens (primary N) is 1. The Morgan fingerprint density at radius 2 is 0.909 bits per heavy atom. The lowest BCUT2D eigenvalue weighted by Crippen LogP contribution is -2.10. The van der Waals surface area contributed by atoms with E-state index < -0.39 is 0 Å². The Morgan fingerprint density at radius 3 is 1.27 bits per heavy atom. The molecule has 0 fully saturated rings. The van der Waals surface area contributed by atoms with Gasteiger partial charge in [-0.05, 0) is 79.0 Å². The minimum atomic E-state index is 0.601. The summed E-state index contributed by atoms with van der Waals surface area (Å²) in [5.41, 5.74) is 12.0. The van der Waals surface area contributed by atoms with E-state index in [9.17, 15) is 0 Å². The van der Waals surface area contributed by atoms with Crippen LogP contribution < -0.4 is 5.73 Å². The fourth-order valence-corrected chi connectivity index (χ4v) is 3.91. The number of anilines is 1. The van der Waals surface area contributed by atoms with E-state index in [1.54, 1.807) is 5.56 Å². The van der Waals surface area contributed by atoms with E-state index in [0.717, 1.165) is 5.69 Å². The third kappa shape index (κ3) is 4.06. The maximum atomic E-state index is 6.47. The third-order valence-corrected chi connectivity index (χ3v) is 5.56. The van der Waals surface area contributed by atoms with Crippen molar-refractivity contribution >= 4 is 5.69 Å². The fourth-order valence-electron chi connectivity index (χ4n) is 3.91. The van der Waals surface area contributed by atoms with Crippen molar-refractivity contribution in [2.75, 3.05) is 5.73 Å². The van der Waals surface area contributed by atoms with Gasteiger partial charge in [0.25, 0.3) is 0 Å². The lowest BCUT2D eigenvalue weighted by Gasteiger charge is -2.27. The van der Waals surface area contributed by atoms with E-state index in [4.69, 9.17) is 5.73 Å². The van der Waals surface area contributed by atoms with E-state index >= 15 is 0 Å². The minimum absolute atomic E-state index is 0.601. The summed E-state index contributed by atoms with van der Waals surface area (Å²) in [6.45, 7) is 13.8. The van der Waals surface area contributed by atoms with Gasteiger partial charge in [-0.2, -0.15) is 0 Å². The highest BCUT2D eigenvalue weighted by atomic mass is 14.6. The molecule has 0 radical (unpaired) electrons. The van der Waals surface area contributed by atoms with Gasteiger partial charge < -0.3 is 5.73 Å². The van der Waals surface area contributed by atoms with Crippen LogP contribution in [-0.2, 0) is 0 Å². The lowest BCUT2D eigenvalue weighted by molar-refractivity contribution is 0.588. The predicted octanol–water partition coefficient (Wildman–Crippen LogP) is 6.98. The normalized spacial score (nSPS) is 11.9. The van der Waals surface area contributed by atoms with Gasteiger partial charge in [-0.15, -0.1) is 0 Å². The zero-order chi connectivity index (χ0) is 16.7. The van der Waals surface area contributed by atoms with E-state index in [1.165, 1.54) is 49.7 Å². The third-order valence-electron chi connectivity index (χ3n) is 5.56. The molecular weight excluding hydrogens is 266 g/mol. The minimum Gasteiger partial charge on any atom is -0.398 e. The average molecular weight is 304 g/mol. The second kappa shape index (κ2) is 9.22. The molecule has 1 nitrogen and oxygen atoms in total. The molecule has 0 amide bonds. The second-order valence-corrected chi connectivity index (χ2v) is 6.65. The highest BCUT2D eigenvalue weighted by Gasteiger charge is 2.21. The summed E-state index contributed by atoms with van der Waals surface area (Å²) in [4.78, 5) is 0. The molecule has 0 unspecified atom stereocenters. The van der Waals surface area contributed by atoms with E-state index in [1.807, 2.05) is 0 Å². The molecular formula is C21H37N. The van der Waals surface area contributed by atoms with Crippen molar-refractivity contribution in [2.24, 2.45) is 0 Å². The summed E-state index contributed by atoms with van der Waals surface area (Å²) >= 11 is 0. The zero-order valence-corrected chi connectivity index (χ0v) is 15.7. The maximum absolute atomic E-state index is 6.47. The Kier molecular flexibility index (Phi) is 8.00. The lowest BCUT2D eigenvalue weighted by atomic mass is 9.79. The molecule has 0 aliphatic heterocycles. The molecule has 0 bridgehead atoms. The van der Waals surface area contributed by atoms with E-state index in [-0.39, 0.29) is 0 Å². The van der Waals surface area contributed by atoms with E-state index in [2.05, 4.69) is 53.7 Å². The number of hydrogen-bond donors (Lipinski definition) is 1. The molecule has 0 aliphatic rings. The first-order valence-corrected chi connectivity index (χ1v) is 9.50. The molecule has 1 heteroatoms. The van der Waals surface area contributed by atoms with Crippen LogP contribution in [0, 0.1) is 0 Å². The van der Waals surface area contributed by atoms with Crippen molar-refractivity contribution in [3.8, 4) is 0 Å². The zero-order valence-electron chi connectivity index (χ0n) is 15.7. The largest absolute Gasteiger partial charge is 0.398 e. The van der Waals surface area contributed by atoms with Crippen molar-refractivity contribution < 1.29 is 0 Å². The number of rotatable bonds is 9. The standard InChI is InChI=1S/C21H37N/c1-7-15(8-2)18-13-20(17(11-5)12-6)21(22)14-19(18)16(9-3)10-4/h13-17H,7-12,22H2,1-6H3. The molecule has 2 N–H and O–H groups in total. The van der Waals surface area contributed by atoms with Crippen molar-refractivity contribution in [3.05, 3.63) is 28.8 Å². The van der Waals surface area contributed by atoms with Crippen LogP contribution in [0.3, 0.4) is 0 Å². The summed E-state index contributed by atoms with van der Waals surface area (Å²) in [5, 5.41) is 0. The molecule has 1 rings (SSSR count). The summed E-state index contributed by atoms with van der Waals surface area (Å²) in [7, 11) is 0. The van der Waals surface area contributed by atoms with Gasteiger partial charge >= 0.3 is 0 Å². The molecule has 126 valence electrons. The first-order chi connectivity index (χ1) is 10.6. The number of benzene rings is 1. The van der Waals surface area contributed by atoms with Crippen molar-refractivity contribution in [2.45, 2.75) is 97.8 Å². The molecule has 0 spiro atoms. The quantitative estimate of drug-likeness (QED) is 0.489. The first-order valence-electron chi connectivity index (χ1n) is 9.50. The molecule has 0 aromatic heterocycles. The molecule has 0 aliphatic carbocycles. The van der Waals surface area contributed by atoms with Gasteiger partial charge in [0, 0.05) is 5.69 Å². The predicted molar refractivity (Wildman–Crippen MR) is 101 cm³/mol. The number of nitrogen functional groups attached to an aromatic ring is 1. The van der Waals surface area contributed by atoms with Crippen LogP contribution in [-0.4, -0.2) is 0 Å². The first kappa shape index (κ1) is 19.1. The molecule has 0 saturated heterocycles. The van der Waals surface area contributed by atoms with Crippen LogP contribution in [0.4, 0.5) is 5.69 Å². The Morgan fingerprint density at radius 1 is 0.591 bits per heavy atom. The smallest absolute Gasteiger partial charge is 0.0352 e. The number of hydrogen-bond acceptors (Lipinski definition) is 1. The Bertz CT molecular complexity index is 437. The van der Waals surface area contributed by atoms with E-state index in [0.29, 0.717) is 17.8 Å². The Labute approximate surface area is 138 Å². The van der Waals surface area contributed by atoms with Crippen molar-refractivity contribution in [1.29, 1.82) is 0 Å². The van der Waals surface area contributed by atoms with Gasteiger partial charge in [0.2, 0.25) is 0 Å². The molecule has 1 aromatic carbocycles. The molecule has 0 heterocycles. The Balaban J connectivity index is 3.47. The maximum Gasteiger partial charge on any atom is 0.0352 e. The van der Waals surface area contributed by atoms with Crippen LogP contribution in [0.15, 0.2) is 12.1 Å². The van der Waals surface area contributed by atoms with Gasteiger partial charge in [0.1, 0.15) is 0 Å². The molecule has 1 aromatic rings. The molecule has 22 heavy (non-hydrogen) atoms. The molecule has 0 saturated carbocycles. The second-order valence-electron chi connectivity index (χ2n) is 6.65. The van der Waals surface area contributed by atoms with Crippen LogP contribution >= 0.6 is 0 Å². The summed E-state index contributed by atoms with van der Waals surface area (Å²) in [6.07, 6.45) is 7.19. The topological polar surface area (TPSA) is 26.0 Å². The highest BCUT2D eigenvalue weighted by Crippen LogP contribution is 2.39. The van der Waals surface area contributed by atoms with Gasteiger partial charge in [0.15, 0.2) is 0 Å². The summed E-state index contributed by atoms with van der Waals surface area (Å²) < 4.78 is 0. The van der Waals surface area contributed by atoms with Crippen LogP contribution in [0.1, 0.15) is 115 Å². The highest BCUT2D eigenvalue weighted by molar-refractivity contribution is 5.55. The van der Waals surface area contributed by atoms with Gasteiger partial charge in [-0.25, -0.2) is 0 Å². The summed E-state index contributed by atoms with van der Waals surface area (Å²) in [5.74, 6) is 1.92. The SMILES string of the molecule is CCC(CC)c1cc(C(CC)CC)c(C(CC)CC)cc1N. The van der Waals surface area contributed by atoms with Gasteiger partial charge in [0.05, 0.1) is 0 Å².